The average molecular weight is 398 g/mol. The molecular formula is C22H43N3O3. The average Bonchev–Trinajstić information content (AvgIpc) is 2.66. The van der Waals surface area contributed by atoms with Crippen LogP contribution in [0.5, 0.6) is 0 Å². The van der Waals surface area contributed by atoms with E-state index in [2.05, 4.69) is 24.5 Å². The molecule has 3 amide bonds. The van der Waals surface area contributed by atoms with Crippen LogP contribution in [0.1, 0.15) is 98.3 Å². The fourth-order valence-corrected chi connectivity index (χ4v) is 3.12. The van der Waals surface area contributed by atoms with Gasteiger partial charge in [0, 0.05) is 18.4 Å². The van der Waals surface area contributed by atoms with E-state index in [-0.39, 0.29) is 23.7 Å². The van der Waals surface area contributed by atoms with Crippen LogP contribution in [-0.2, 0) is 14.4 Å². The van der Waals surface area contributed by atoms with Crippen molar-refractivity contribution in [3.05, 3.63) is 0 Å². The molecule has 0 saturated carbocycles. The van der Waals surface area contributed by atoms with Crippen molar-refractivity contribution < 1.29 is 14.4 Å². The molecule has 0 aromatic carbocycles. The first kappa shape index (κ1) is 26.4. The molecular weight excluding hydrogens is 354 g/mol. The predicted octanol–water partition coefficient (Wildman–Crippen LogP) is 3.68. The van der Waals surface area contributed by atoms with Crippen molar-refractivity contribution in [1.29, 1.82) is 0 Å². The zero-order valence-corrected chi connectivity index (χ0v) is 18.5. The Morgan fingerprint density at radius 3 is 1.75 bits per heavy atom. The minimum atomic E-state index is -0.634. The molecule has 0 saturated heterocycles. The van der Waals surface area contributed by atoms with Crippen molar-refractivity contribution in [3.8, 4) is 0 Å². The Bertz CT molecular complexity index is 454. The lowest BCUT2D eigenvalue weighted by Gasteiger charge is -2.19. The molecule has 0 fully saturated rings. The number of hydrogen-bond acceptors (Lipinski definition) is 3. The van der Waals surface area contributed by atoms with Gasteiger partial charge in [-0.3, -0.25) is 14.4 Å². The van der Waals surface area contributed by atoms with E-state index in [1.807, 2.05) is 13.8 Å². The number of rotatable bonds is 17. The fourth-order valence-electron chi connectivity index (χ4n) is 3.12. The van der Waals surface area contributed by atoms with E-state index in [1.54, 1.807) is 0 Å². The summed E-state index contributed by atoms with van der Waals surface area (Å²) in [6.45, 7) is 8.72. The number of primary amides is 1. The molecule has 0 bridgehead atoms. The molecule has 6 heteroatoms. The third-order valence-electron chi connectivity index (χ3n) is 5.26. The smallest absolute Gasteiger partial charge is 0.239 e. The number of amides is 3. The van der Waals surface area contributed by atoms with Gasteiger partial charge in [0.05, 0.1) is 0 Å². The first-order chi connectivity index (χ1) is 13.3. The van der Waals surface area contributed by atoms with Crippen LogP contribution in [0, 0.1) is 11.8 Å². The SMILES string of the molecule is CCCCCC(C)C(=O)NCCCCC(NC(=O)C(C)CCCCC)C(N)=O. The lowest BCUT2D eigenvalue weighted by molar-refractivity contribution is -0.129. The quantitative estimate of drug-likeness (QED) is 0.326. The van der Waals surface area contributed by atoms with E-state index in [1.165, 1.54) is 0 Å². The highest BCUT2D eigenvalue weighted by atomic mass is 16.2. The summed E-state index contributed by atoms with van der Waals surface area (Å²) in [4.78, 5) is 35.9. The van der Waals surface area contributed by atoms with E-state index >= 15 is 0 Å². The highest BCUT2D eigenvalue weighted by Crippen LogP contribution is 2.11. The molecule has 4 N–H and O–H groups in total. The van der Waals surface area contributed by atoms with Crippen LogP contribution >= 0.6 is 0 Å². The van der Waals surface area contributed by atoms with E-state index in [9.17, 15) is 14.4 Å². The van der Waals surface area contributed by atoms with Gasteiger partial charge >= 0.3 is 0 Å². The highest BCUT2D eigenvalue weighted by molar-refractivity contribution is 5.87. The molecule has 0 aromatic heterocycles. The fraction of sp³-hybridized carbons (Fsp3) is 0.864. The van der Waals surface area contributed by atoms with Gasteiger partial charge in [0.2, 0.25) is 17.7 Å². The van der Waals surface area contributed by atoms with Gasteiger partial charge in [0.25, 0.3) is 0 Å². The first-order valence-electron chi connectivity index (χ1n) is 11.2. The van der Waals surface area contributed by atoms with E-state index < -0.39 is 11.9 Å². The lowest BCUT2D eigenvalue weighted by atomic mass is 10.0. The number of hydrogen-bond donors (Lipinski definition) is 3. The molecule has 0 radical (unpaired) electrons. The van der Waals surface area contributed by atoms with E-state index in [0.29, 0.717) is 13.0 Å². The molecule has 164 valence electrons. The zero-order valence-electron chi connectivity index (χ0n) is 18.5. The van der Waals surface area contributed by atoms with Gasteiger partial charge in [0.15, 0.2) is 0 Å². The molecule has 28 heavy (non-hydrogen) atoms. The van der Waals surface area contributed by atoms with Crippen molar-refractivity contribution in [2.45, 2.75) is 104 Å². The molecule has 6 nitrogen and oxygen atoms in total. The molecule has 0 rings (SSSR count). The Hall–Kier alpha value is -1.59. The van der Waals surface area contributed by atoms with Gasteiger partial charge in [-0.1, -0.05) is 66.2 Å². The van der Waals surface area contributed by atoms with Gasteiger partial charge in [-0.15, -0.1) is 0 Å². The van der Waals surface area contributed by atoms with Crippen molar-refractivity contribution in [3.63, 3.8) is 0 Å². The molecule has 0 aliphatic rings. The third kappa shape index (κ3) is 12.7. The summed E-state index contributed by atoms with van der Waals surface area (Å²) in [5, 5.41) is 5.75. The summed E-state index contributed by atoms with van der Waals surface area (Å²) < 4.78 is 0. The summed E-state index contributed by atoms with van der Waals surface area (Å²) in [5.41, 5.74) is 5.44. The number of carbonyl (C=O) groups is 3. The number of carbonyl (C=O) groups excluding carboxylic acids is 3. The van der Waals surface area contributed by atoms with Crippen LogP contribution in [0.2, 0.25) is 0 Å². The van der Waals surface area contributed by atoms with Crippen LogP contribution in [0.25, 0.3) is 0 Å². The summed E-state index contributed by atoms with van der Waals surface area (Å²) >= 11 is 0. The predicted molar refractivity (Wildman–Crippen MR) is 115 cm³/mol. The molecule has 3 unspecified atom stereocenters. The molecule has 0 aliphatic carbocycles. The van der Waals surface area contributed by atoms with Crippen molar-refractivity contribution in [1.82, 2.24) is 10.6 Å². The highest BCUT2D eigenvalue weighted by Gasteiger charge is 2.21. The normalized spacial score (nSPS) is 14.1. The number of nitrogens with one attached hydrogen (secondary N) is 2. The Labute approximate surface area is 171 Å². The summed E-state index contributed by atoms with van der Waals surface area (Å²) in [5.74, 6) is -0.575. The second-order valence-electron chi connectivity index (χ2n) is 8.04. The second kappa shape index (κ2) is 16.4. The maximum absolute atomic E-state index is 12.2. The first-order valence-corrected chi connectivity index (χ1v) is 11.2. The summed E-state index contributed by atoms with van der Waals surface area (Å²) in [6.07, 6.45) is 10.4. The maximum atomic E-state index is 12.2. The van der Waals surface area contributed by atoms with Gasteiger partial charge in [-0.05, 0) is 32.1 Å². The Morgan fingerprint density at radius 1 is 0.750 bits per heavy atom. The van der Waals surface area contributed by atoms with Gasteiger partial charge < -0.3 is 16.4 Å². The standard InChI is InChI=1S/C22H43N3O3/c1-5-7-9-13-17(3)21(27)24-16-12-11-15-19(20(23)26)25-22(28)18(4)14-10-8-6-2/h17-19H,5-16H2,1-4H3,(H2,23,26)(H,24,27)(H,25,28). The lowest BCUT2D eigenvalue weighted by Crippen LogP contribution is -2.46. The van der Waals surface area contributed by atoms with Crippen molar-refractivity contribution in [2.75, 3.05) is 6.54 Å². The Morgan fingerprint density at radius 2 is 1.25 bits per heavy atom. The maximum Gasteiger partial charge on any atom is 0.239 e. The largest absolute Gasteiger partial charge is 0.368 e. The van der Waals surface area contributed by atoms with Crippen LogP contribution < -0.4 is 16.4 Å². The zero-order chi connectivity index (χ0) is 21.4. The van der Waals surface area contributed by atoms with E-state index in [0.717, 1.165) is 64.2 Å². The van der Waals surface area contributed by atoms with Gasteiger partial charge in [-0.2, -0.15) is 0 Å². The second-order valence-corrected chi connectivity index (χ2v) is 8.04. The van der Waals surface area contributed by atoms with Crippen LogP contribution in [0.15, 0.2) is 0 Å². The molecule has 0 aromatic rings. The number of nitrogens with two attached hydrogens (primary N) is 1. The van der Waals surface area contributed by atoms with Crippen molar-refractivity contribution >= 4 is 17.7 Å². The van der Waals surface area contributed by atoms with Crippen LogP contribution in [0.3, 0.4) is 0 Å². The van der Waals surface area contributed by atoms with Crippen molar-refractivity contribution in [2.24, 2.45) is 17.6 Å². The summed E-state index contributed by atoms with van der Waals surface area (Å²) in [7, 11) is 0. The topological polar surface area (TPSA) is 101 Å². The van der Waals surface area contributed by atoms with Crippen LogP contribution in [-0.4, -0.2) is 30.3 Å². The molecule has 0 heterocycles. The Kier molecular flexibility index (Phi) is 15.4. The van der Waals surface area contributed by atoms with Crippen LogP contribution in [0.4, 0.5) is 0 Å². The molecule has 3 atom stereocenters. The van der Waals surface area contributed by atoms with Gasteiger partial charge in [0.1, 0.15) is 6.04 Å². The Balaban J connectivity index is 4.08. The molecule has 0 aliphatic heterocycles. The monoisotopic (exact) mass is 397 g/mol. The minimum Gasteiger partial charge on any atom is -0.368 e. The summed E-state index contributed by atoms with van der Waals surface area (Å²) in [6, 6.07) is -0.634. The van der Waals surface area contributed by atoms with Gasteiger partial charge in [-0.25, -0.2) is 0 Å². The number of unbranched alkanes of at least 4 members (excludes halogenated alkanes) is 5. The molecule has 0 spiro atoms. The third-order valence-corrected chi connectivity index (χ3v) is 5.26. The van der Waals surface area contributed by atoms with E-state index in [4.69, 9.17) is 5.73 Å². The minimum absolute atomic E-state index is 0.0402.